The first-order chi connectivity index (χ1) is 13.8. The lowest BCUT2D eigenvalue weighted by molar-refractivity contribution is -0.149. The molecule has 0 aliphatic carbocycles. The maximum atomic E-state index is 12.8. The van der Waals surface area contributed by atoms with Crippen LogP contribution in [0.25, 0.3) is 0 Å². The number of cyclic esters (lactones) is 1. The number of aryl methyl sites for hydroxylation is 1. The van der Waals surface area contributed by atoms with Crippen molar-refractivity contribution in [1.29, 1.82) is 0 Å². The number of aromatic nitrogens is 1. The molecule has 1 atom stereocenters. The van der Waals surface area contributed by atoms with Gasteiger partial charge in [-0.15, -0.1) is 0 Å². The van der Waals surface area contributed by atoms with Gasteiger partial charge in [-0.3, -0.25) is 9.59 Å². The molecule has 2 heterocycles. The van der Waals surface area contributed by atoms with Gasteiger partial charge in [0.15, 0.2) is 0 Å². The lowest BCUT2D eigenvalue weighted by Gasteiger charge is -2.22. The molecule has 0 bridgehead atoms. The summed E-state index contributed by atoms with van der Waals surface area (Å²) in [6, 6.07) is 7.52. The molecule has 1 saturated heterocycles. The number of ether oxygens (including phenoxy) is 1. The minimum atomic E-state index is -0.201. The van der Waals surface area contributed by atoms with Crippen LogP contribution in [0.15, 0.2) is 30.5 Å². The molecule has 1 fully saturated rings. The zero-order chi connectivity index (χ0) is 21.0. The molecule has 6 nitrogen and oxygen atoms in total. The lowest BCUT2D eigenvalue weighted by atomic mass is 9.97. The van der Waals surface area contributed by atoms with E-state index in [1.54, 1.807) is 6.20 Å². The lowest BCUT2D eigenvalue weighted by Crippen LogP contribution is -2.34. The van der Waals surface area contributed by atoms with Crippen molar-refractivity contribution in [1.82, 2.24) is 10.3 Å². The van der Waals surface area contributed by atoms with Gasteiger partial charge in [-0.2, -0.15) is 0 Å². The number of benzene rings is 1. The summed E-state index contributed by atoms with van der Waals surface area (Å²) in [7, 11) is 0. The first-order valence-electron chi connectivity index (χ1n) is 9.80. The fourth-order valence-corrected chi connectivity index (χ4v) is 3.58. The van der Waals surface area contributed by atoms with Crippen molar-refractivity contribution in [2.75, 3.05) is 18.5 Å². The first kappa shape index (κ1) is 21.1. The van der Waals surface area contributed by atoms with Gasteiger partial charge < -0.3 is 15.4 Å². The topological polar surface area (TPSA) is 80.3 Å². The molecule has 0 radical (unpaired) electrons. The van der Waals surface area contributed by atoms with Gasteiger partial charge in [0.2, 0.25) is 0 Å². The van der Waals surface area contributed by atoms with E-state index in [-0.39, 0.29) is 23.7 Å². The summed E-state index contributed by atoms with van der Waals surface area (Å²) in [4.78, 5) is 28.6. The highest BCUT2D eigenvalue weighted by Gasteiger charge is 2.22. The van der Waals surface area contributed by atoms with Gasteiger partial charge in [0.1, 0.15) is 5.82 Å². The number of carbonyl (C=O) groups is 2. The van der Waals surface area contributed by atoms with Gasteiger partial charge in [-0.05, 0) is 60.6 Å². The monoisotopic (exact) mass is 415 g/mol. The third-order valence-corrected chi connectivity index (χ3v) is 5.28. The van der Waals surface area contributed by atoms with Gasteiger partial charge in [0, 0.05) is 23.5 Å². The van der Waals surface area contributed by atoms with E-state index >= 15 is 0 Å². The zero-order valence-corrected chi connectivity index (χ0v) is 17.7. The molecule has 2 N–H and O–H groups in total. The summed E-state index contributed by atoms with van der Waals surface area (Å²) >= 11 is 6.02. The maximum absolute atomic E-state index is 12.8. The quantitative estimate of drug-likeness (QED) is 0.674. The van der Waals surface area contributed by atoms with Crippen LogP contribution in [0.2, 0.25) is 5.02 Å². The standard InChI is InChI=1S/C22H26ClN3O3/c1-13(2)17-10-20(26-19-5-4-16(23)8-14(19)3)24-12-18(17)22(28)25-11-15-6-7-29-21(27)9-15/h4-5,8,10,12-13,15H,6-7,9,11H2,1-3H3,(H,24,26)(H,25,28). The van der Waals surface area contributed by atoms with E-state index in [9.17, 15) is 9.59 Å². The number of hydrogen-bond acceptors (Lipinski definition) is 5. The van der Waals surface area contributed by atoms with Gasteiger partial charge >= 0.3 is 5.97 Å². The molecule has 1 amide bonds. The molecule has 7 heteroatoms. The highest BCUT2D eigenvalue weighted by Crippen LogP contribution is 2.26. The van der Waals surface area contributed by atoms with Crippen LogP contribution in [0, 0.1) is 12.8 Å². The first-order valence-corrected chi connectivity index (χ1v) is 10.2. The number of rotatable bonds is 6. The number of hydrogen-bond donors (Lipinski definition) is 2. The molecule has 29 heavy (non-hydrogen) atoms. The molecule has 3 rings (SSSR count). The third-order valence-electron chi connectivity index (χ3n) is 5.05. The van der Waals surface area contributed by atoms with Crippen LogP contribution in [-0.4, -0.2) is 30.0 Å². The summed E-state index contributed by atoms with van der Waals surface area (Å²) in [6.45, 7) is 6.93. The molecule has 1 aromatic carbocycles. The number of pyridine rings is 1. The molecule has 1 aliphatic rings. The summed E-state index contributed by atoms with van der Waals surface area (Å²) < 4.78 is 4.95. The Morgan fingerprint density at radius 3 is 2.83 bits per heavy atom. The molecule has 154 valence electrons. The van der Waals surface area contributed by atoms with E-state index in [0.29, 0.717) is 36.0 Å². The van der Waals surface area contributed by atoms with Crippen LogP contribution < -0.4 is 10.6 Å². The summed E-state index contributed by atoms with van der Waals surface area (Å²) in [5.74, 6) is 0.563. The predicted molar refractivity (Wildman–Crippen MR) is 114 cm³/mol. The zero-order valence-electron chi connectivity index (χ0n) is 16.9. The normalized spacial score (nSPS) is 16.4. The number of esters is 1. The Kier molecular flexibility index (Phi) is 6.75. The second-order valence-corrected chi connectivity index (χ2v) is 8.12. The summed E-state index contributed by atoms with van der Waals surface area (Å²) in [5.41, 5.74) is 3.39. The molecule has 1 aliphatic heterocycles. The van der Waals surface area contributed by atoms with E-state index in [1.165, 1.54) is 0 Å². The number of nitrogens with one attached hydrogen (secondary N) is 2. The van der Waals surface area contributed by atoms with Crippen LogP contribution in [0.1, 0.15) is 54.1 Å². The van der Waals surface area contributed by atoms with Crippen molar-refractivity contribution in [2.45, 2.75) is 39.5 Å². The molecule has 1 aromatic heterocycles. The van der Waals surface area contributed by atoms with Crippen LogP contribution in [0.5, 0.6) is 0 Å². The van der Waals surface area contributed by atoms with Crippen molar-refractivity contribution in [3.8, 4) is 0 Å². The number of nitrogens with zero attached hydrogens (tertiary/aromatic N) is 1. The average Bonchev–Trinajstić information content (AvgIpc) is 2.68. The van der Waals surface area contributed by atoms with E-state index < -0.39 is 0 Å². The van der Waals surface area contributed by atoms with Gasteiger partial charge in [-0.1, -0.05) is 25.4 Å². The minimum absolute atomic E-state index is 0.115. The van der Waals surface area contributed by atoms with Crippen LogP contribution in [-0.2, 0) is 9.53 Å². The second-order valence-electron chi connectivity index (χ2n) is 7.69. The molecular formula is C22H26ClN3O3. The predicted octanol–water partition coefficient (Wildman–Crippen LogP) is 4.59. The Balaban J connectivity index is 1.73. The number of anilines is 2. The number of carbonyl (C=O) groups excluding carboxylic acids is 2. The number of amides is 1. The SMILES string of the molecule is Cc1cc(Cl)ccc1Nc1cc(C(C)C)c(C(=O)NCC2CCOC(=O)C2)cn1. The Labute approximate surface area is 176 Å². The Morgan fingerprint density at radius 2 is 2.14 bits per heavy atom. The third kappa shape index (κ3) is 5.48. The maximum Gasteiger partial charge on any atom is 0.306 e. The van der Waals surface area contributed by atoms with Crippen molar-refractivity contribution in [3.05, 3.63) is 52.2 Å². The Morgan fingerprint density at radius 1 is 1.34 bits per heavy atom. The number of halogens is 1. The smallest absolute Gasteiger partial charge is 0.306 e. The van der Waals surface area contributed by atoms with Crippen LogP contribution in [0.4, 0.5) is 11.5 Å². The van der Waals surface area contributed by atoms with Crippen molar-refractivity contribution in [2.24, 2.45) is 5.92 Å². The fraction of sp³-hybridized carbons (Fsp3) is 0.409. The van der Waals surface area contributed by atoms with E-state index in [1.807, 2.05) is 45.0 Å². The highest BCUT2D eigenvalue weighted by molar-refractivity contribution is 6.30. The molecule has 0 spiro atoms. The minimum Gasteiger partial charge on any atom is -0.466 e. The largest absolute Gasteiger partial charge is 0.466 e. The average molecular weight is 416 g/mol. The molecule has 1 unspecified atom stereocenters. The van der Waals surface area contributed by atoms with Gasteiger partial charge in [0.05, 0.1) is 18.6 Å². The van der Waals surface area contributed by atoms with E-state index in [4.69, 9.17) is 16.3 Å². The van der Waals surface area contributed by atoms with E-state index in [2.05, 4.69) is 15.6 Å². The second kappa shape index (κ2) is 9.27. The van der Waals surface area contributed by atoms with Crippen molar-refractivity contribution in [3.63, 3.8) is 0 Å². The Bertz CT molecular complexity index is 914. The van der Waals surface area contributed by atoms with Gasteiger partial charge in [0.25, 0.3) is 5.91 Å². The molecule has 2 aromatic rings. The fourth-order valence-electron chi connectivity index (χ4n) is 3.35. The van der Waals surface area contributed by atoms with Crippen LogP contribution in [0.3, 0.4) is 0 Å². The van der Waals surface area contributed by atoms with Crippen LogP contribution >= 0.6 is 11.6 Å². The van der Waals surface area contributed by atoms with Crippen molar-refractivity contribution < 1.29 is 14.3 Å². The molecular weight excluding hydrogens is 390 g/mol. The van der Waals surface area contributed by atoms with Gasteiger partial charge in [-0.25, -0.2) is 4.98 Å². The summed E-state index contributed by atoms with van der Waals surface area (Å²) in [6.07, 6.45) is 2.72. The van der Waals surface area contributed by atoms with E-state index in [0.717, 1.165) is 23.2 Å². The summed E-state index contributed by atoms with van der Waals surface area (Å²) in [5, 5.41) is 6.93. The molecule has 0 saturated carbocycles. The Hall–Kier alpha value is -2.60. The van der Waals surface area contributed by atoms with Crippen molar-refractivity contribution >= 4 is 35.0 Å². The highest BCUT2D eigenvalue weighted by atomic mass is 35.5.